The third-order valence-electron chi connectivity index (χ3n) is 5.00. The average molecular weight is 298 g/mol. The van der Waals surface area contributed by atoms with E-state index in [0.29, 0.717) is 11.8 Å². The van der Waals surface area contributed by atoms with Crippen LogP contribution in [0.1, 0.15) is 48.4 Å². The predicted octanol–water partition coefficient (Wildman–Crippen LogP) is 6.32. The quantitative estimate of drug-likeness (QED) is 0.621. The molecule has 0 nitrogen and oxygen atoms in total. The number of rotatable bonds is 3. The Morgan fingerprint density at radius 2 is 1.78 bits per heavy atom. The minimum absolute atomic E-state index is 0.576. The third-order valence-corrected chi connectivity index (χ3v) is 5.00. The highest BCUT2D eigenvalue weighted by molar-refractivity contribution is 5.90. The minimum atomic E-state index is 0.576. The topological polar surface area (TPSA) is 0 Å². The van der Waals surface area contributed by atoms with Gasteiger partial charge in [0.05, 0.1) is 0 Å². The first kappa shape index (κ1) is 14.3. The van der Waals surface area contributed by atoms with E-state index in [9.17, 15) is 0 Å². The summed E-state index contributed by atoms with van der Waals surface area (Å²) in [6.07, 6.45) is 10.4. The fourth-order valence-electron chi connectivity index (χ4n) is 3.67. The van der Waals surface area contributed by atoms with Gasteiger partial charge in [0, 0.05) is 5.92 Å². The van der Waals surface area contributed by atoms with Gasteiger partial charge in [-0.15, -0.1) is 0 Å². The van der Waals surface area contributed by atoms with Gasteiger partial charge in [0.2, 0.25) is 0 Å². The summed E-state index contributed by atoms with van der Waals surface area (Å²) in [5.41, 5.74) is 8.31. The zero-order valence-corrected chi connectivity index (χ0v) is 13.8. The molecule has 4 rings (SSSR count). The Morgan fingerprint density at radius 1 is 0.957 bits per heavy atom. The van der Waals surface area contributed by atoms with Crippen LogP contribution in [0.4, 0.5) is 0 Å². The van der Waals surface area contributed by atoms with Crippen molar-refractivity contribution in [2.24, 2.45) is 5.92 Å². The summed E-state index contributed by atoms with van der Waals surface area (Å²) in [4.78, 5) is 0. The zero-order valence-electron chi connectivity index (χ0n) is 13.8. The van der Waals surface area contributed by atoms with Gasteiger partial charge in [0.1, 0.15) is 0 Å². The lowest BCUT2D eigenvalue weighted by Crippen LogP contribution is -2.01. The van der Waals surface area contributed by atoms with E-state index in [1.807, 2.05) is 0 Å². The zero-order chi connectivity index (χ0) is 15.8. The minimum Gasteiger partial charge on any atom is -0.0761 e. The van der Waals surface area contributed by atoms with Crippen LogP contribution in [0.15, 0.2) is 66.8 Å². The van der Waals surface area contributed by atoms with Crippen LogP contribution in [0, 0.1) is 5.92 Å². The van der Waals surface area contributed by atoms with Crippen LogP contribution in [0.2, 0.25) is 0 Å². The largest absolute Gasteiger partial charge is 0.0761 e. The van der Waals surface area contributed by atoms with Crippen molar-refractivity contribution in [1.82, 2.24) is 0 Å². The summed E-state index contributed by atoms with van der Waals surface area (Å²) >= 11 is 0. The molecule has 0 N–H and O–H groups in total. The Hall–Kier alpha value is -2.34. The number of hydrogen-bond acceptors (Lipinski definition) is 0. The van der Waals surface area contributed by atoms with Crippen LogP contribution in [0.5, 0.6) is 0 Å². The van der Waals surface area contributed by atoms with E-state index < -0.39 is 0 Å². The molecule has 0 bridgehead atoms. The van der Waals surface area contributed by atoms with Crippen LogP contribution in [-0.2, 0) is 0 Å². The van der Waals surface area contributed by atoms with Gasteiger partial charge < -0.3 is 0 Å². The van der Waals surface area contributed by atoms with E-state index >= 15 is 0 Å². The molecular formula is C23H22. The highest BCUT2D eigenvalue weighted by Crippen LogP contribution is 2.38. The van der Waals surface area contributed by atoms with Crippen LogP contribution in [0.3, 0.4) is 0 Å². The molecule has 2 aliphatic carbocycles. The van der Waals surface area contributed by atoms with Crippen molar-refractivity contribution < 1.29 is 0 Å². The first-order valence-corrected chi connectivity index (χ1v) is 8.51. The first-order valence-electron chi connectivity index (χ1n) is 8.51. The average Bonchev–Trinajstić information content (AvgIpc) is 3.22. The molecule has 0 spiro atoms. The Kier molecular flexibility index (Phi) is 3.53. The summed E-state index contributed by atoms with van der Waals surface area (Å²) in [5, 5.41) is 0. The van der Waals surface area contributed by atoms with Gasteiger partial charge in [0.25, 0.3) is 0 Å². The molecule has 0 fully saturated rings. The Labute approximate surface area is 138 Å². The molecule has 114 valence electrons. The second-order valence-electron chi connectivity index (χ2n) is 6.87. The summed E-state index contributed by atoms with van der Waals surface area (Å²) in [6, 6.07) is 17.7. The molecular weight excluding hydrogens is 276 g/mol. The van der Waals surface area contributed by atoms with Crippen molar-refractivity contribution in [3.05, 3.63) is 89.0 Å². The van der Waals surface area contributed by atoms with E-state index in [1.54, 1.807) is 0 Å². The first-order chi connectivity index (χ1) is 11.2. The lowest BCUT2D eigenvalue weighted by molar-refractivity contribution is 0.584. The van der Waals surface area contributed by atoms with Crippen molar-refractivity contribution >= 4 is 17.2 Å². The fourth-order valence-corrected chi connectivity index (χ4v) is 3.67. The summed E-state index contributed by atoms with van der Waals surface area (Å²) < 4.78 is 0. The fraction of sp³-hybridized carbons (Fsp3) is 0.217. The smallest absolute Gasteiger partial charge is 0.00502 e. The lowest BCUT2D eigenvalue weighted by Gasteiger charge is -2.15. The second kappa shape index (κ2) is 5.70. The SMILES string of the molecule is CC(C)C1C=Cc2cc(C3=CCC(c4ccccc4)=C3)ccc21. The highest BCUT2D eigenvalue weighted by Gasteiger charge is 2.21. The van der Waals surface area contributed by atoms with Crippen LogP contribution in [-0.4, -0.2) is 0 Å². The van der Waals surface area contributed by atoms with Gasteiger partial charge in [-0.05, 0) is 51.8 Å². The Bertz CT molecular complexity index is 816. The normalized spacial score (nSPS) is 19.0. The predicted molar refractivity (Wildman–Crippen MR) is 100 cm³/mol. The molecule has 0 aliphatic heterocycles. The maximum Gasteiger partial charge on any atom is 0.00502 e. The molecule has 0 amide bonds. The van der Waals surface area contributed by atoms with E-state index in [-0.39, 0.29) is 0 Å². The van der Waals surface area contributed by atoms with Crippen molar-refractivity contribution in [2.45, 2.75) is 26.2 Å². The number of fused-ring (bicyclic) bond motifs is 1. The number of benzene rings is 2. The van der Waals surface area contributed by atoms with Gasteiger partial charge in [-0.1, -0.05) is 80.6 Å². The molecule has 2 aliphatic rings. The van der Waals surface area contributed by atoms with Crippen LogP contribution in [0.25, 0.3) is 17.2 Å². The van der Waals surface area contributed by atoms with Gasteiger partial charge in [-0.2, -0.15) is 0 Å². The molecule has 23 heavy (non-hydrogen) atoms. The summed E-state index contributed by atoms with van der Waals surface area (Å²) in [7, 11) is 0. The molecule has 1 atom stereocenters. The molecule has 0 radical (unpaired) electrons. The van der Waals surface area contributed by atoms with Gasteiger partial charge in [0.15, 0.2) is 0 Å². The molecule has 0 heterocycles. The molecule has 0 saturated carbocycles. The Balaban J connectivity index is 1.63. The lowest BCUT2D eigenvalue weighted by atomic mass is 9.89. The van der Waals surface area contributed by atoms with Gasteiger partial charge >= 0.3 is 0 Å². The third kappa shape index (κ3) is 2.59. The van der Waals surface area contributed by atoms with Crippen LogP contribution >= 0.6 is 0 Å². The maximum absolute atomic E-state index is 2.35. The molecule has 0 aromatic heterocycles. The standard InChI is InChI=1S/C23H22/c1-16(2)22-12-11-21-15-20(10-13-23(21)22)19-9-8-18(14-19)17-6-4-3-5-7-17/h3-7,9-16,22H,8H2,1-2H3. The van der Waals surface area contributed by atoms with E-state index in [1.165, 1.54) is 33.4 Å². The van der Waals surface area contributed by atoms with Crippen molar-refractivity contribution in [3.8, 4) is 0 Å². The molecule has 2 aromatic rings. The highest BCUT2D eigenvalue weighted by atomic mass is 14.2. The van der Waals surface area contributed by atoms with E-state index in [0.717, 1.165) is 6.42 Å². The Morgan fingerprint density at radius 3 is 2.57 bits per heavy atom. The summed E-state index contributed by atoms with van der Waals surface area (Å²) in [5.74, 6) is 1.24. The van der Waals surface area contributed by atoms with Gasteiger partial charge in [-0.25, -0.2) is 0 Å². The number of allylic oxidation sites excluding steroid dienone is 5. The number of hydrogen-bond donors (Lipinski definition) is 0. The molecule has 0 saturated heterocycles. The van der Waals surface area contributed by atoms with E-state index in [2.05, 4.69) is 86.7 Å². The van der Waals surface area contributed by atoms with Crippen molar-refractivity contribution in [2.75, 3.05) is 0 Å². The molecule has 2 aromatic carbocycles. The van der Waals surface area contributed by atoms with Gasteiger partial charge in [-0.3, -0.25) is 0 Å². The van der Waals surface area contributed by atoms with Crippen molar-refractivity contribution in [1.29, 1.82) is 0 Å². The second-order valence-corrected chi connectivity index (χ2v) is 6.87. The molecule has 1 unspecified atom stereocenters. The van der Waals surface area contributed by atoms with Crippen molar-refractivity contribution in [3.63, 3.8) is 0 Å². The monoisotopic (exact) mass is 298 g/mol. The maximum atomic E-state index is 2.35. The molecule has 0 heteroatoms. The summed E-state index contributed by atoms with van der Waals surface area (Å²) in [6.45, 7) is 4.60. The van der Waals surface area contributed by atoms with Crippen LogP contribution < -0.4 is 0 Å². The van der Waals surface area contributed by atoms with E-state index in [4.69, 9.17) is 0 Å².